The lowest BCUT2D eigenvalue weighted by Crippen LogP contribution is -2.27. The number of benzene rings is 1. The molecule has 4 heteroatoms. The zero-order chi connectivity index (χ0) is 15.7. The van der Waals surface area contributed by atoms with Crippen molar-refractivity contribution in [3.63, 3.8) is 0 Å². The maximum absolute atomic E-state index is 13.0. The fraction of sp³-hybridized carbons (Fsp3) is 0.389. The molecule has 0 aliphatic heterocycles. The molecule has 1 aromatic carbocycles. The van der Waals surface area contributed by atoms with Crippen LogP contribution in [-0.2, 0) is 0 Å². The molecule has 1 aliphatic rings. The molecule has 2 nitrogen and oxygen atoms in total. The smallest absolute Gasteiger partial charge is 0.141 e. The highest BCUT2D eigenvalue weighted by molar-refractivity contribution is 6.30. The van der Waals surface area contributed by atoms with Crippen molar-refractivity contribution in [3.05, 3.63) is 64.7 Å². The van der Waals surface area contributed by atoms with Crippen LogP contribution in [-0.4, -0.2) is 4.98 Å². The third kappa shape index (κ3) is 3.47. The minimum absolute atomic E-state index is 0.0640. The van der Waals surface area contributed by atoms with E-state index in [-0.39, 0.29) is 17.9 Å². The minimum Gasteiger partial charge on any atom is -0.302 e. The number of nitrogens with zero attached hydrogens (tertiary/aromatic N) is 1. The topological polar surface area (TPSA) is 24.9 Å². The van der Waals surface area contributed by atoms with E-state index < -0.39 is 0 Å². The number of aromatic nitrogens is 1. The van der Waals surface area contributed by atoms with Gasteiger partial charge in [0, 0.05) is 17.1 Å². The fourth-order valence-corrected chi connectivity index (χ4v) is 3.08. The Balaban J connectivity index is 1.78. The van der Waals surface area contributed by atoms with Crippen LogP contribution in [0.25, 0.3) is 0 Å². The molecular weight excluding hydrogens is 299 g/mol. The van der Waals surface area contributed by atoms with Gasteiger partial charge >= 0.3 is 0 Å². The Hall–Kier alpha value is -1.45. The Morgan fingerprint density at radius 1 is 1.23 bits per heavy atom. The molecule has 3 rings (SSSR count). The van der Waals surface area contributed by atoms with E-state index in [4.69, 9.17) is 11.6 Å². The van der Waals surface area contributed by atoms with Crippen LogP contribution in [0.5, 0.6) is 0 Å². The maximum atomic E-state index is 13.0. The number of rotatable bonds is 5. The SMILES string of the molecule is C[C@H](N[C@H](c1ccc(Cl)cc1)[C@H]1C[C@H]1C)c1ccc(F)cn1. The quantitative estimate of drug-likeness (QED) is 0.846. The molecule has 0 amide bonds. The van der Waals surface area contributed by atoms with Crippen LogP contribution in [0, 0.1) is 17.7 Å². The Labute approximate surface area is 135 Å². The van der Waals surface area contributed by atoms with Gasteiger partial charge in [-0.25, -0.2) is 4.39 Å². The number of pyridine rings is 1. The van der Waals surface area contributed by atoms with Gasteiger partial charge in [0.15, 0.2) is 0 Å². The first-order valence-electron chi connectivity index (χ1n) is 7.67. The highest BCUT2D eigenvalue weighted by Gasteiger charge is 2.40. The number of nitrogens with one attached hydrogen (secondary N) is 1. The van der Waals surface area contributed by atoms with Gasteiger partial charge in [0.25, 0.3) is 0 Å². The lowest BCUT2D eigenvalue weighted by molar-refractivity contribution is 0.409. The molecule has 1 heterocycles. The lowest BCUT2D eigenvalue weighted by atomic mass is 9.99. The van der Waals surface area contributed by atoms with Gasteiger partial charge in [-0.1, -0.05) is 30.7 Å². The number of halogens is 2. The van der Waals surface area contributed by atoms with E-state index in [9.17, 15) is 4.39 Å². The summed E-state index contributed by atoms with van der Waals surface area (Å²) >= 11 is 5.99. The second-order valence-corrected chi connectivity index (χ2v) is 6.63. The van der Waals surface area contributed by atoms with Crippen LogP contribution in [0.15, 0.2) is 42.6 Å². The molecule has 1 aromatic heterocycles. The molecule has 4 atom stereocenters. The van der Waals surface area contributed by atoms with Gasteiger partial charge in [0.2, 0.25) is 0 Å². The first kappa shape index (κ1) is 15.4. The molecule has 2 aromatic rings. The predicted octanol–water partition coefficient (Wildman–Crippen LogP) is 4.92. The second kappa shape index (κ2) is 6.35. The maximum Gasteiger partial charge on any atom is 0.141 e. The monoisotopic (exact) mass is 318 g/mol. The number of hydrogen-bond donors (Lipinski definition) is 1. The summed E-state index contributed by atoms with van der Waals surface area (Å²) in [5.41, 5.74) is 2.10. The normalized spacial score (nSPS) is 23.1. The van der Waals surface area contributed by atoms with Crippen molar-refractivity contribution in [2.75, 3.05) is 0 Å². The molecular formula is C18H20ClFN2. The van der Waals surface area contributed by atoms with Crippen molar-refractivity contribution in [3.8, 4) is 0 Å². The average Bonchev–Trinajstić information content (AvgIpc) is 3.23. The van der Waals surface area contributed by atoms with E-state index in [1.807, 2.05) is 12.1 Å². The minimum atomic E-state index is -0.305. The zero-order valence-electron chi connectivity index (χ0n) is 12.8. The van der Waals surface area contributed by atoms with Crippen LogP contribution in [0.3, 0.4) is 0 Å². The van der Waals surface area contributed by atoms with Crippen LogP contribution in [0.2, 0.25) is 5.02 Å². The van der Waals surface area contributed by atoms with Crippen molar-refractivity contribution < 1.29 is 4.39 Å². The van der Waals surface area contributed by atoms with E-state index in [0.717, 1.165) is 16.6 Å². The molecule has 1 aliphatic carbocycles. The second-order valence-electron chi connectivity index (χ2n) is 6.20. The Morgan fingerprint density at radius 2 is 1.91 bits per heavy atom. The molecule has 1 saturated carbocycles. The molecule has 1 N–H and O–H groups in total. The Kier molecular flexibility index (Phi) is 4.46. The van der Waals surface area contributed by atoms with Crippen LogP contribution >= 0.6 is 11.6 Å². The molecule has 0 bridgehead atoms. The summed E-state index contributed by atoms with van der Waals surface area (Å²) in [5, 5.41) is 4.40. The third-order valence-corrected chi connectivity index (χ3v) is 4.70. The van der Waals surface area contributed by atoms with Crippen LogP contribution in [0.4, 0.5) is 4.39 Å². The van der Waals surface area contributed by atoms with Gasteiger partial charge < -0.3 is 5.32 Å². The van der Waals surface area contributed by atoms with Crippen molar-refractivity contribution in [2.24, 2.45) is 11.8 Å². The third-order valence-electron chi connectivity index (χ3n) is 4.45. The molecule has 0 saturated heterocycles. The van der Waals surface area contributed by atoms with Gasteiger partial charge in [-0.15, -0.1) is 0 Å². The summed E-state index contributed by atoms with van der Waals surface area (Å²) in [6, 6.07) is 11.5. The van der Waals surface area contributed by atoms with Crippen molar-refractivity contribution in [1.29, 1.82) is 0 Å². The largest absolute Gasteiger partial charge is 0.302 e. The number of hydrogen-bond acceptors (Lipinski definition) is 2. The summed E-state index contributed by atoms with van der Waals surface area (Å²) in [5.74, 6) is 1.05. The van der Waals surface area contributed by atoms with Gasteiger partial charge in [-0.2, -0.15) is 0 Å². The first-order valence-corrected chi connectivity index (χ1v) is 8.05. The summed E-state index contributed by atoms with van der Waals surface area (Å²) in [7, 11) is 0. The molecule has 0 spiro atoms. The summed E-state index contributed by atoms with van der Waals surface area (Å²) in [4.78, 5) is 4.18. The summed E-state index contributed by atoms with van der Waals surface area (Å²) < 4.78 is 13.0. The van der Waals surface area contributed by atoms with Gasteiger partial charge in [0.05, 0.1) is 11.9 Å². The van der Waals surface area contributed by atoms with Gasteiger partial charge in [-0.05, 0) is 55.0 Å². The molecule has 1 fully saturated rings. The highest BCUT2D eigenvalue weighted by atomic mass is 35.5. The van der Waals surface area contributed by atoms with Gasteiger partial charge in [-0.3, -0.25) is 4.98 Å². The van der Waals surface area contributed by atoms with E-state index in [1.165, 1.54) is 24.2 Å². The standard InChI is InChI=1S/C18H20ClFN2/c1-11-9-16(11)18(13-3-5-14(19)6-4-13)22-12(2)17-8-7-15(20)10-21-17/h3-8,10-12,16,18,22H,9H2,1-2H3/t11-,12+,16+,18-/m1/s1. The van der Waals surface area contributed by atoms with Crippen LogP contribution in [0.1, 0.15) is 43.6 Å². The van der Waals surface area contributed by atoms with E-state index >= 15 is 0 Å². The molecule has 22 heavy (non-hydrogen) atoms. The average molecular weight is 319 g/mol. The van der Waals surface area contributed by atoms with E-state index in [2.05, 4.69) is 36.3 Å². The van der Waals surface area contributed by atoms with Crippen molar-refractivity contribution in [1.82, 2.24) is 10.3 Å². The van der Waals surface area contributed by atoms with Crippen LogP contribution < -0.4 is 5.32 Å². The van der Waals surface area contributed by atoms with E-state index in [0.29, 0.717) is 5.92 Å². The zero-order valence-corrected chi connectivity index (χ0v) is 13.5. The predicted molar refractivity (Wildman–Crippen MR) is 87.2 cm³/mol. The first-order chi connectivity index (χ1) is 10.5. The Bertz CT molecular complexity index is 627. The fourth-order valence-electron chi connectivity index (χ4n) is 2.95. The molecule has 0 unspecified atom stereocenters. The van der Waals surface area contributed by atoms with E-state index in [1.54, 1.807) is 6.07 Å². The Morgan fingerprint density at radius 3 is 2.45 bits per heavy atom. The van der Waals surface area contributed by atoms with Crippen molar-refractivity contribution in [2.45, 2.75) is 32.4 Å². The summed E-state index contributed by atoms with van der Waals surface area (Å²) in [6.07, 6.45) is 2.49. The molecule has 116 valence electrons. The summed E-state index contributed by atoms with van der Waals surface area (Å²) in [6.45, 7) is 4.34. The molecule has 0 radical (unpaired) electrons. The highest BCUT2D eigenvalue weighted by Crippen LogP contribution is 2.47. The van der Waals surface area contributed by atoms with Crippen molar-refractivity contribution >= 4 is 11.6 Å². The lowest BCUT2D eigenvalue weighted by Gasteiger charge is -2.24. The van der Waals surface area contributed by atoms with Gasteiger partial charge in [0.1, 0.15) is 5.82 Å².